The van der Waals surface area contributed by atoms with E-state index in [1.165, 1.54) is 11.1 Å². The van der Waals surface area contributed by atoms with Gasteiger partial charge in [-0.15, -0.1) is 11.8 Å². The average molecular weight is 376 g/mol. The van der Waals surface area contributed by atoms with E-state index in [0.29, 0.717) is 11.6 Å². The van der Waals surface area contributed by atoms with Gasteiger partial charge in [0.15, 0.2) is 0 Å². The molecule has 136 valence electrons. The van der Waals surface area contributed by atoms with Crippen molar-refractivity contribution in [2.24, 2.45) is 7.05 Å². The number of nitriles is 1. The highest BCUT2D eigenvalue weighted by Crippen LogP contribution is 2.47. The number of thioether (sulfide) groups is 1. The molecule has 1 aromatic carbocycles. The molecule has 6 heteroatoms. The molecule has 0 spiro atoms. The van der Waals surface area contributed by atoms with Gasteiger partial charge in [0.05, 0.1) is 22.6 Å². The molecule has 1 aliphatic rings. The van der Waals surface area contributed by atoms with Crippen LogP contribution in [0.25, 0.3) is 11.4 Å². The van der Waals surface area contributed by atoms with E-state index in [0.717, 1.165) is 28.5 Å². The van der Waals surface area contributed by atoms with Gasteiger partial charge in [-0.25, -0.2) is 0 Å². The molecule has 0 saturated carbocycles. The summed E-state index contributed by atoms with van der Waals surface area (Å²) < 4.78 is 1.92. The van der Waals surface area contributed by atoms with Crippen molar-refractivity contribution in [1.82, 2.24) is 14.8 Å². The quantitative estimate of drug-likeness (QED) is 0.723. The molecule has 2 unspecified atom stereocenters. The van der Waals surface area contributed by atoms with E-state index in [9.17, 15) is 5.26 Å². The van der Waals surface area contributed by atoms with Crippen LogP contribution in [0.4, 0.5) is 5.82 Å². The number of hydrogen-bond donors (Lipinski definition) is 1. The highest BCUT2D eigenvalue weighted by atomic mass is 32.2. The molecule has 3 aromatic rings. The third-order valence-corrected chi connectivity index (χ3v) is 6.35. The Labute approximate surface area is 163 Å². The summed E-state index contributed by atoms with van der Waals surface area (Å²) in [4.78, 5) is 4.54. The van der Waals surface area contributed by atoms with Crippen LogP contribution in [0, 0.1) is 18.3 Å². The predicted octanol–water partition coefficient (Wildman–Crippen LogP) is 4.30. The number of aryl methyl sites for hydroxylation is 2. The minimum Gasteiger partial charge on any atom is -0.367 e. The molecule has 3 heterocycles. The maximum Gasteiger partial charge on any atom is 0.129 e. The van der Waals surface area contributed by atoms with Gasteiger partial charge >= 0.3 is 0 Å². The molecule has 0 saturated heterocycles. The molecule has 0 amide bonds. The maximum atomic E-state index is 9.21. The Balaban J connectivity index is 1.93. The summed E-state index contributed by atoms with van der Waals surface area (Å²) in [5.74, 6) is 2.03. The lowest BCUT2D eigenvalue weighted by molar-refractivity contribution is 0.757. The molecule has 0 bridgehead atoms. The summed E-state index contributed by atoms with van der Waals surface area (Å²) >= 11 is 1.91. The summed E-state index contributed by atoms with van der Waals surface area (Å²) in [5, 5.41) is 17.8. The van der Waals surface area contributed by atoms with Crippen LogP contribution in [0.15, 0.2) is 42.6 Å². The number of aromatic nitrogens is 3. The molecule has 0 aliphatic carbocycles. The normalized spacial score (nSPS) is 18.9. The van der Waals surface area contributed by atoms with Crippen molar-refractivity contribution in [2.45, 2.75) is 25.1 Å². The number of nitrogens with zero attached hydrogens (tertiary/aromatic N) is 4. The summed E-state index contributed by atoms with van der Waals surface area (Å²) in [5.41, 5.74) is 6.00. The highest BCUT2D eigenvalue weighted by Gasteiger charge is 2.31. The Kier molecular flexibility index (Phi) is 4.63. The minimum atomic E-state index is 0.135. The molecule has 4 rings (SSSR count). The van der Waals surface area contributed by atoms with E-state index in [4.69, 9.17) is 5.10 Å². The van der Waals surface area contributed by atoms with Crippen LogP contribution < -0.4 is 5.32 Å². The van der Waals surface area contributed by atoms with Crippen molar-refractivity contribution in [3.63, 3.8) is 0 Å². The van der Waals surface area contributed by atoms with Crippen molar-refractivity contribution >= 4 is 17.6 Å². The predicted molar refractivity (Wildman–Crippen MR) is 110 cm³/mol. The van der Waals surface area contributed by atoms with Gasteiger partial charge in [-0.3, -0.25) is 9.67 Å². The zero-order valence-electron chi connectivity index (χ0n) is 15.6. The molecule has 0 radical (unpaired) electrons. The SMILES string of the molecule is Cc1cc(C#N)ccc1C1SCC(C)Nc2c1c(-c1ccccn1)nn2C. The fraction of sp³-hybridized carbons (Fsp3) is 0.286. The largest absolute Gasteiger partial charge is 0.367 e. The third kappa shape index (κ3) is 3.19. The van der Waals surface area contributed by atoms with Gasteiger partial charge in [-0.2, -0.15) is 10.4 Å². The van der Waals surface area contributed by atoms with Crippen LogP contribution >= 0.6 is 11.8 Å². The summed E-state index contributed by atoms with van der Waals surface area (Å²) in [7, 11) is 1.98. The molecule has 1 N–H and O–H groups in total. The Morgan fingerprint density at radius 2 is 2.15 bits per heavy atom. The first-order chi connectivity index (χ1) is 13.1. The summed E-state index contributed by atoms with van der Waals surface area (Å²) in [6.45, 7) is 4.27. The molecular weight excluding hydrogens is 354 g/mol. The van der Waals surface area contributed by atoms with E-state index in [1.54, 1.807) is 6.20 Å². The second-order valence-corrected chi connectivity index (χ2v) is 8.03. The standard InChI is InChI=1S/C21H21N5S/c1-13-10-15(11-22)7-8-16(13)20-18-19(17-6-4-5-9-23-17)25-26(3)21(18)24-14(2)12-27-20/h4-10,14,20,24H,12H2,1-3H3. The topological polar surface area (TPSA) is 66.5 Å². The number of nitrogens with one attached hydrogen (secondary N) is 1. The highest BCUT2D eigenvalue weighted by molar-refractivity contribution is 7.99. The first-order valence-electron chi connectivity index (χ1n) is 8.95. The number of fused-ring (bicyclic) bond motifs is 1. The third-order valence-electron chi connectivity index (χ3n) is 4.83. The second-order valence-electron chi connectivity index (χ2n) is 6.89. The number of hydrogen-bond acceptors (Lipinski definition) is 5. The number of anilines is 1. The molecule has 0 fully saturated rings. The molecular formula is C21H21N5S. The van der Waals surface area contributed by atoms with Crippen LogP contribution in [0.2, 0.25) is 0 Å². The first kappa shape index (κ1) is 17.6. The molecule has 2 aromatic heterocycles. The smallest absolute Gasteiger partial charge is 0.129 e. The Morgan fingerprint density at radius 1 is 1.30 bits per heavy atom. The van der Waals surface area contributed by atoms with Gasteiger partial charge in [-0.05, 0) is 49.2 Å². The van der Waals surface area contributed by atoms with E-state index >= 15 is 0 Å². The van der Waals surface area contributed by atoms with Crippen LogP contribution in [0.1, 0.15) is 34.4 Å². The number of benzene rings is 1. The molecule has 2 atom stereocenters. The van der Waals surface area contributed by atoms with Gasteiger partial charge in [0, 0.05) is 30.6 Å². The molecule has 27 heavy (non-hydrogen) atoms. The second kappa shape index (κ2) is 7.09. The summed E-state index contributed by atoms with van der Waals surface area (Å²) in [6.07, 6.45) is 1.80. The Hall–Kier alpha value is -2.78. The lowest BCUT2D eigenvalue weighted by Gasteiger charge is -2.18. The van der Waals surface area contributed by atoms with Gasteiger partial charge in [0.2, 0.25) is 0 Å². The summed E-state index contributed by atoms with van der Waals surface area (Å²) in [6, 6.07) is 14.4. The number of pyridine rings is 1. The average Bonchev–Trinajstić information content (AvgIpc) is 2.89. The molecule has 5 nitrogen and oxygen atoms in total. The van der Waals surface area contributed by atoms with Crippen LogP contribution in [-0.4, -0.2) is 26.6 Å². The Morgan fingerprint density at radius 3 is 2.85 bits per heavy atom. The van der Waals surface area contributed by atoms with E-state index < -0.39 is 0 Å². The molecule has 1 aliphatic heterocycles. The number of rotatable bonds is 2. The van der Waals surface area contributed by atoms with Crippen LogP contribution in [0.3, 0.4) is 0 Å². The van der Waals surface area contributed by atoms with Crippen molar-refractivity contribution in [3.05, 3.63) is 64.8 Å². The van der Waals surface area contributed by atoms with Gasteiger partial charge < -0.3 is 5.32 Å². The van der Waals surface area contributed by atoms with Crippen LogP contribution in [-0.2, 0) is 7.05 Å². The zero-order chi connectivity index (χ0) is 19.0. The van der Waals surface area contributed by atoms with E-state index in [-0.39, 0.29) is 5.25 Å². The fourth-order valence-electron chi connectivity index (χ4n) is 3.54. The van der Waals surface area contributed by atoms with Crippen molar-refractivity contribution in [1.29, 1.82) is 5.26 Å². The van der Waals surface area contributed by atoms with Crippen molar-refractivity contribution < 1.29 is 0 Å². The first-order valence-corrected chi connectivity index (χ1v) is 10.0. The maximum absolute atomic E-state index is 9.21. The zero-order valence-corrected chi connectivity index (χ0v) is 16.4. The lowest BCUT2D eigenvalue weighted by atomic mass is 9.97. The fourth-order valence-corrected chi connectivity index (χ4v) is 4.93. The van der Waals surface area contributed by atoms with Crippen LogP contribution in [0.5, 0.6) is 0 Å². The van der Waals surface area contributed by atoms with Gasteiger partial charge in [0.1, 0.15) is 11.5 Å². The lowest BCUT2D eigenvalue weighted by Crippen LogP contribution is -2.18. The van der Waals surface area contributed by atoms with E-state index in [1.807, 2.05) is 53.8 Å². The van der Waals surface area contributed by atoms with Gasteiger partial charge in [-0.1, -0.05) is 12.1 Å². The Bertz CT molecular complexity index is 1020. The monoisotopic (exact) mass is 375 g/mol. The van der Waals surface area contributed by atoms with Crippen molar-refractivity contribution in [2.75, 3.05) is 11.1 Å². The van der Waals surface area contributed by atoms with Gasteiger partial charge in [0.25, 0.3) is 0 Å². The minimum absolute atomic E-state index is 0.135. The van der Waals surface area contributed by atoms with Crippen molar-refractivity contribution in [3.8, 4) is 17.5 Å². The van der Waals surface area contributed by atoms with E-state index in [2.05, 4.69) is 36.3 Å².